The van der Waals surface area contributed by atoms with Crippen molar-refractivity contribution in [2.24, 2.45) is 5.10 Å². The van der Waals surface area contributed by atoms with E-state index in [9.17, 15) is 0 Å². The molecule has 2 aromatic carbocycles. The maximum absolute atomic E-state index is 5.89. The minimum atomic E-state index is 0.449. The fourth-order valence-electron chi connectivity index (χ4n) is 2.16. The largest absolute Gasteiger partial charge is 0.455 e. The summed E-state index contributed by atoms with van der Waals surface area (Å²) in [5, 5.41) is 8.31. The number of thiocarbonyl (C=S) groups is 1. The maximum atomic E-state index is 5.89. The number of furan rings is 1. The lowest BCUT2D eigenvalue weighted by molar-refractivity contribution is 0.574. The highest BCUT2D eigenvalue weighted by molar-refractivity contribution is 7.80. The minimum Gasteiger partial charge on any atom is -0.455 e. The van der Waals surface area contributed by atoms with Crippen LogP contribution in [0.15, 0.2) is 76.2 Å². The van der Waals surface area contributed by atoms with Crippen LogP contribution >= 0.6 is 23.8 Å². The van der Waals surface area contributed by atoms with E-state index in [1.54, 1.807) is 6.21 Å². The highest BCUT2D eigenvalue weighted by Gasteiger charge is 2.03. The normalized spacial score (nSPS) is 10.8. The number of hydrogen-bond donors (Lipinski definition) is 2. The average Bonchev–Trinajstić information content (AvgIpc) is 3.10. The highest BCUT2D eigenvalue weighted by atomic mass is 35.5. The lowest BCUT2D eigenvalue weighted by Gasteiger charge is -2.06. The van der Waals surface area contributed by atoms with Crippen molar-refractivity contribution in [3.8, 4) is 11.3 Å². The third-order valence-corrected chi connectivity index (χ3v) is 3.90. The van der Waals surface area contributed by atoms with Gasteiger partial charge in [-0.05, 0) is 54.2 Å². The number of halogens is 1. The quantitative estimate of drug-likeness (QED) is 0.392. The lowest BCUT2D eigenvalue weighted by atomic mass is 10.2. The van der Waals surface area contributed by atoms with Crippen LogP contribution in [-0.2, 0) is 6.54 Å². The molecule has 0 spiro atoms. The van der Waals surface area contributed by atoms with Crippen LogP contribution in [0, 0.1) is 0 Å². The summed E-state index contributed by atoms with van der Waals surface area (Å²) in [4.78, 5) is 0. The molecule has 6 heteroatoms. The van der Waals surface area contributed by atoms with Gasteiger partial charge < -0.3 is 9.73 Å². The Morgan fingerprint density at radius 3 is 2.56 bits per heavy atom. The molecule has 0 fully saturated rings. The summed E-state index contributed by atoms with van der Waals surface area (Å²) in [7, 11) is 0. The maximum Gasteiger partial charge on any atom is 0.187 e. The Balaban J connectivity index is 1.50. The number of benzene rings is 2. The van der Waals surface area contributed by atoms with Gasteiger partial charge in [0.2, 0.25) is 0 Å². The predicted molar refractivity (Wildman–Crippen MR) is 106 cm³/mol. The molecule has 2 N–H and O–H groups in total. The zero-order chi connectivity index (χ0) is 17.5. The summed E-state index contributed by atoms with van der Waals surface area (Å²) in [6.45, 7) is 0.643. The SMILES string of the molecule is S=C(NCc1ccccc1)NN=Cc1ccc(-c2ccc(Cl)cc2)o1. The molecule has 4 nitrogen and oxygen atoms in total. The molecule has 0 amide bonds. The average molecular weight is 370 g/mol. The van der Waals surface area contributed by atoms with E-state index in [1.165, 1.54) is 0 Å². The molecule has 0 aliphatic carbocycles. The Hall–Kier alpha value is -2.63. The van der Waals surface area contributed by atoms with Crippen LogP contribution in [0.3, 0.4) is 0 Å². The van der Waals surface area contributed by atoms with Gasteiger partial charge in [0.05, 0.1) is 6.21 Å². The molecule has 1 heterocycles. The fourth-order valence-corrected chi connectivity index (χ4v) is 2.41. The Bertz CT molecular complexity index is 860. The molecule has 0 bridgehead atoms. The van der Waals surface area contributed by atoms with Gasteiger partial charge in [-0.25, -0.2) is 0 Å². The van der Waals surface area contributed by atoms with E-state index in [2.05, 4.69) is 15.8 Å². The van der Waals surface area contributed by atoms with E-state index in [1.807, 2.05) is 66.7 Å². The van der Waals surface area contributed by atoms with E-state index < -0.39 is 0 Å². The van der Waals surface area contributed by atoms with Crippen molar-refractivity contribution < 1.29 is 4.42 Å². The zero-order valence-corrected chi connectivity index (χ0v) is 14.8. The van der Waals surface area contributed by atoms with Crippen molar-refractivity contribution in [1.82, 2.24) is 10.7 Å². The first-order valence-corrected chi connectivity index (χ1v) is 8.46. The van der Waals surface area contributed by atoms with Gasteiger partial charge in [-0.3, -0.25) is 5.43 Å². The molecule has 1 aromatic heterocycles. The van der Waals surface area contributed by atoms with Gasteiger partial charge in [-0.15, -0.1) is 0 Å². The number of rotatable bonds is 5. The van der Waals surface area contributed by atoms with Gasteiger partial charge in [-0.2, -0.15) is 5.10 Å². The summed E-state index contributed by atoms with van der Waals surface area (Å²) in [5.41, 5.74) is 4.87. The van der Waals surface area contributed by atoms with Crippen molar-refractivity contribution in [3.63, 3.8) is 0 Å². The molecule has 3 rings (SSSR count). The molecule has 3 aromatic rings. The molecule has 0 saturated carbocycles. The number of hydrazone groups is 1. The molecule has 0 saturated heterocycles. The molecule has 0 unspecified atom stereocenters. The first-order chi connectivity index (χ1) is 12.2. The number of nitrogens with one attached hydrogen (secondary N) is 2. The summed E-state index contributed by atoms with van der Waals surface area (Å²) in [6, 6.07) is 21.2. The second kappa shape index (κ2) is 8.46. The van der Waals surface area contributed by atoms with Gasteiger partial charge in [0.1, 0.15) is 11.5 Å². The fraction of sp³-hybridized carbons (Fsp3) is 0.0526. The number of nitrogens with zero attached hydrogens (tertiary/aromatic N) is 1. The smallest absolute Gasteiger partial charge is 0.187 e. The topological polar surface area (TPSA) is 49.6 Å². The van der Waals surface area contributed by atoms with Crippen molar-refractivity contribution in [2.45, 2.75) is 6.54 Å². The van der Waals surface area contributed by atoms with E-state index in [0.717, 1.165) is 16.9 Å². The van der Waals surface area contributed by atoms with Gasteiger partial charge in [0.15, 0.2) is 5.11 Å². The molecule has 0 aliphatic heterocycles. The van der Waals surface area contributed by atoms with Gasteiger partial charge in [0.25, 0.3) is 0 Å². The Labute approximate surface area is 156 Å². The van der Waals surface area contributed by atoms with Gasteiger partial charge >= 0.3 is 0 Å². The summed E-state index contributed by atoms with van der Waals surface area (Å²) in [6.07, 6.45) is 1.58. The summed E-state index contributed by atoms with van der Waals surface area (Å²) >= 11 is 11.1. The van der Waals surface area contributed by atoms with Crippen molar-refractivity contribution in [2.75, 3.05) is 0 Å². The molecule has 126 valence electrons. The predicted octanol–water partition coefficient (Wildman–Crippen LogP) is 4.60. The van der Waals surface area contributed by atoms with Crippen LogP contribution in [0.2, 0.25) is 5.02 Å². The third kappa shape index (κ3) is 5.17. The molecule has 0 atom stereocenters. The number of hydrogen-bond acceptors (Lipinski definition) is 3. The van der Waals surface area contributed by atoms with Crippen molar-refractivity contribution in [3.05, 3.63) is 83.1 Å². The van der Waals surface area contributed by atoms with E-state index in [-0.39, 0.29) is 0 Å². The monoisotopic (exact) mass is 369 g/mol. The first-order valence-electron chi connectivity index (χ1n) is 7.67. The molecule has 25 heavy (non-hydrogen) atoms. The minimum absolute atomic E-state index is 0.449. The van der Waals surface area contributed by atoms with Crippen LogP contribution in [0.5, 0.6) is 0 Å². The molecular weight excluding hydrogens is 354 g/mol. The highest BCUT2D eigenvalue weighted by Crippen LogP contribution is 2.23. The summed E-state index contributed by atoms with van der Waals surface area (Å²) in [5.74, 6) is 1.38. The van der Waals surface area contributed by atoms with E-state index in [0.29, 0.717) is 22.4 Å². The standard InChI is InChI=1S/C19H16ClN3OS/c20-16-8-6-15(7-9-16)18-11-10-17(24-18)13-22-23-19(25)21-12-14-4-2-1-3-5-14/h1-11,13H,12H2,(H2,21,23,25). The van der Waals surface area contributed by atoms with E-state index in [4.69, 9.17) is 28.2 Å². The van der Waals surface area contributed by atoms with Crippen LogP contribution in [-0.4, -0.2) is 11.3 Å². The van der Waals surface area contributed by atoms with Crippen LogP contribution in [0.4, 0.5) is 0 Å². The second-order valence-corrected chi connectivity index (χ2v) is 6.09. The summed E-state index contributed by atoms with van der Waals surface area (Å²) < 4.78 is 5.72. The Morgan fingerprint density at radius 2 is 1.80 bits per heavy atom. The lowest BCUT2D eigenvalue weighted by Crippen LogP contribution is -2.31. The van der Waals surface area contributed by atoms with Gasteiger partial charge in [-0.1, -0.05) is 41.9 Å². The Morgan fingerprint density at radius 1 is 1.04 bits per heavy atom. The second-order valence-electron chi connectivity index (χ2n) is 5.25. The van der Waals surface area contributed by atoms with E-state index >= 15 is 0 Å². The van der Waals surface area contributed by atoms with Crippen LogP contribution in [0.25, 0.3) is 11.3 Å². The molecular formula is C19H16ClN3OS. The first kappa shape index (κ1) is 17.2. The Kier molecular flexibility index (Phi) is 5.82. The molecule has 0 radical (unpaired) electrons. The van der Waals surface area contributed by atoms with Crippen molar-refractivity contribution >= 4 is 35.1 Å². The van der Waals surface area contributed by atoms with Crippen molar-refractivity contribution in [1.29, 1.82) is 0 Å². The van der Waals surface area contributed by atoms with Crippen LogP contribution in [0.1, 0.15) is 11.3 Å². The van der Waals surface area contributed by atoms with Crippen LogP contribution < -0.4 is 10.7 Å². The zero-order valence-electron chi connectivity index (χ0n) is 13.3. The molecule has 0 aliphatic rings. The third-order valence-electron chi connectivity index (χ3n) is 3.41. The van der Waals surface area contributed by atoms with Gasteiger partial charge in [0, 0.05) is 17.1 Å².